The molecule has 2 aliphatic heterocycles. The molecule has 1 saturated carbocycles. The van der Waals surface area contributed by atoms with Crippen molar-refractivity contribution in [3.8, 4) is 0 Å². The van der Waals surface area contributed by atoms with Gasteiger partial charge in [0, 0.05) is 18.5 Å². The number of piperidine rings is 1. The van der Waals surface area contributed by atoms with Crippen LogP contribution < -0.4 is 5.32 Å². The summed E-state index contributed by atoms with van der Waals surface area (Å²) < 4.78 is 5.84. The zero-order valence-electron chi connectivity index (χ0n) is 17.2. The van der Waals surface area contributed by atoms with Gasteiger partial charge in [-0.05, 0) is 43.7 Å². The minimum atomic E-state index is -1.31. The molecule has 0 bridgehead atoms. The highest BCUT2D eigenvalue weighted by atomic mass is 16.3. The molecule has 5 rings (SSSR count). The van der Waals surface area contributed by atoms with Crippen molar-refractivity contribution in [1.82, 2.24) is 15.1 Å². The van der Waals surface area contributed by atoms with E-state index in [9.17, 15) is 14.4 Å². The molecule has 0 unspecified atom stereocenters. The van der Waals surface area contributed by atoms with Gasteiger partial charge in [0.05, 0.1) is 0 Å². The average Bonchev–Trinajstić information content (AvgIpc) is 3.29. The molecule has 1 N–H and O–H groups in total. The number of nitrogens with zero attached hydrogens (tertiary/aromatic N) is 2. The Hall–Kier alpha value is -2.83. The van der Waals surface area contributed by atoms with Gasteiger partial charge in [0.2, 0.25) is 5.91 Å². The van der Waals surface area contributed by atoms with E-state index < -0.39 is 17.5 Å². The lowest BCUT2D eigenvalue weighted by Gasteiger charge is -2.41. The van der Waals surface area contributed by atoms with E-state index in [4.69, 9.17) is 4.42 Å². The molecule has 4 amide bonds. The number of nitrogens with one attached hydrogen (secondary N) is 1. The zero-order chi connectivity index (χ0) is 20.9. The van der Waals surface area contributed by atoms with Gasteiger partial charge in [-0.3, -0.25) is 14.5 Å². The number of rotatable bonds is 3. The number of carbonyl (C=O) groups excluding carboxylic acids is 3. The normalized spacial score (nSPS) is 29.2. The maximum absolute atomic E-state index is 13.2. The number of fused-ring (bicyclic) bond motifs is 2. The molecule has 3 atom stereocenters. The van der Waals surface area contributed by atoms with Gasteiger partial charge in [0.1, 0.15) is 17.9 Å². The van der Waals surface area contributed by atoms with E-state index in [1.165, 1.54) is 25.7 Å². The number of urea groups is 1. The third-order valence-electron chi connectivity index (χ3n) is 7.13. The highest BCUT2D eigenvalue weighted by Gasteiger charge is 2.52. The molecule has 7 heteroatoms. The zero-order valence-corrected chi connectivity index (χ0v) is 17.2. The lowest BCUT2D eigenvalue weighted by atomic mass is 9.75. The summed E-state index contributed by atoms with van der Waals surface area (Å²) in [5.41, 5.74) is -0.659. The number of furan rings is 1. The summed E-state index contributed by atoms with van der Waals surface area (Å²) in [6, 6.07) is 8.67. The number of hydrogen-bond acceptors (Lipinski definition) is 4. The van der Waals surface area contributed by atoms with Crippen molar-refractivity contribution in [2.45, 2.75) is 44.6 Å². The van der Waals surface area contributed by atoms with Crippen molar-refractivity contribution in [3.63, 3.8) is 0 Å². The van der Waals surface area contributed by atoms with Crippen molar-refractivity contribution in [3.05, 3.63) is 36.1 Å². The smallest absolute Gasteiger partial charge is 0.325 e. The molecule has 7 nitrogen and oxygen atoms in total. The fraction of sp³-hybridized carbons (Fsp3) is 0.522. The van der Waals surface area contributed by atoms with Crippen molar-refractivity contribution in [2.24, 2.45) is 11.8 Å². The SMILES string of the molecule is C[C@@]1(c2cc3ccccc3o2)NC(=O)N(CC(=O)N2CC[C@@H]3CCCC[C@@H]3C2)C1=O. The molecule has 3 heterocycles. The number of benzene rings is 1. The molecular formula is C23H27N3O4. The van der Waals surface area contributed by atoms with Gasteiger partial charge < -0.3 is 14.6 Å². The van der Waals surface area contributed by atoms with Gasteiger partial charge in [0.15, 0.2) is 5.54 Å². The molecule has 1 aromatic heterocycles. The second-order valence-corrected chi connectivity index (χ2v) is 9.03. The first-order chi connectivity index (χ1) is 14.5. The number of carbonyl (C=O) groups is 3. The lowest BCUT2D eigenvalue weighted by molar-refractivity contribution is -0.140. The summed E-state index contributed by atoms with van der Waals surface area (Å²) in [5.74, 6) is 1.04. The number of likely N-dealkylation sites (tertiary alicyclic amines) is 1. The largest absolute Gasteiger partial charge is 0.458 e. The maximum Gasteiger partial charge on any atom is 0.325 e. The van der Waals surface area contributed by atoms with Gasteiger partial charge in [-0.15, -0.1) is 0 Å². The Labute approximate surface area is 175 Å². The van der Waals surface area contributed by atoms with E-state index in [0.717, 1.165) is 29.2 Å². The predicted octanol–water partition coefficient (Wildman–Crippen LogP) is 3.24. The Bertz CT molecular complexity index is 982. The minimum Gasteiger partial charge on any atom is -0.458 e. The second kappa shape index (κ2) is 7.15. The van der Waals surface area contributed by atoms with Gasteiger partial charge in [-0.2, -0.15) is 0 Å². The van der Waals surface area contributed by atoms with E-state index in [2.05, 4.69) is 5.32 Å². The lowest BCUT2D eigenvalue weighted by Crippen LogP contribution is -2.49. The molecule has 3 aliphatic rings. The summed E-state index contributed by atoms with van der Waals surface area (Å²) in [7, 11) is 0. The summed E-state index contributed by atoms with van der Waals surface area (Å²) in [4.78, 5) is 41.6. The van der Waals surface area contributed by atoms with Crippen LogP contribution in [0.15, 0.2) is 34.7 Å². The highest BCUT2D eigenvalue weighted by molar-refractivity contribution is 6.09. The second-order valence-electron chi connectivity index (χ2n) is 9.03. The van der Waals surface area contributed by atoms with E-state index >= 15 is 0 Å². The van der Waals surface area contributed by atoms with Crippen molar-refractivity contribution >= 4 is 28.8 Å². The van der Waals surface area contributed by atoms with Crippen LogP contribution in [0.4, 0.5) is 4.79 Å². The Morgan fingerprint density at radius 3 is 2.73 bits per heavy atom. The fourth-order valence-corrected chi connectivity index (χ4v) is 5.30. The average molecular weight is 409 g/mol. The van der Waals surface area contributed by atoms with Gasteiger partial charge in [0.25, 0.3) is 5.91 Å². The number of imide groups is 1. The molecule has 0 spiro atoms. The van der Waals surface area contributed by atoms with Crippen LogP contribution in [0.5, 0.6) is 0 Å². The molecule has 0 radical (unpaired) electrons. The Balaban J connectivity index is 1.31. The van der Waals surface area contributed by atoms with Crippen molar-refractivity contribution in [2.75, 3.05) is 19.6 Å². The van der Waals surface area contributed by atoms with Crippen molar-refractivity contribution in [1.29, 1.82) is 0 Å². The Morgan fingerprint density at radius 2 is 1.93 bits per heavy atom. The van der Waals surface area contributed by atoms with E-state index in [1.54, 1.807) is 13.0 Å². The van der Waals surface area contributed by atoms with Gasteiger partial charge in [-0.25, -0.2) is 4.79 Å². The first-order valence-corrected chi connectivity index (χ1v) is 10.9. The number of para-hydroxylation sites is 1. The highest BCUT2D eigenvalue weighted by Crippen LogP contribution is 2.36. The van der Waals surface area contributed by atoms with Crippen LogP contribution in [0.25, 0.3) is 11.0 Å². The monoisotopic (exact) mass is 409 g/mol. The quantitative estimate of drug-likeness (QED) is 0.789. The van der Waals surface area contributed by atoms with Crippen LogP contribution in [0.2, 0.25) is 0 Å². The van der Waals surface area contributed by atoms with E-state index in [0.29, 0.717) is 23.8 Å². The maximum atomic E-state index is 13.2. The molecular weight excluding hydrogens is 382 g/mol. The van der Waals surface area contributed by atoms with Crippen LogP contribution >= 0.6 is 0 Å². The molecule has 3 fully saturated rings. The predicted molar refractivity (Wildman–Crippen MR) is 110 cm³/mol. The minimum absolute atomic E-state index is 0.156. The summed E-state index contributed by atoms with van der Waals surface area (Å²) in [5, 5.41) is 3.60. The number of hydrogen-bond donors (Lipinski definition) is 1. The summed E-state index contributed by atoms with van der Waals surface area (Å²) >= 11 is 0. The van der Waals surface area contributed by atoms with Crippen molar-refractivity contribution < 1.29 is 18.8 Å². The Morgan fingerprint density at radius 1 is 1.17 bits per heavy atom. The fourth-order valence-electron chi connectivity index (χ4n) is 5.30. The van der Waals surface area contributed by atoms with Crippen LogP contribution in [0, 0.1) is 11.8 Å². The Kier molecular flexibility index (Phi) is 4.56. The molecule has 2 saturated heterocycles. The van der Waals surface area contributed by atoms with Crippen LogP contribution in [0.1, 0.15) is 44.8 Å². The third kappa shape index (κ3) is 3.07. The molecule has 158 valence electrons. The first-order valence-electron chi connectivity index (χ1n) is 10.9. The van der Waals surface area contributed by atoms with E-state index in [-0.39, 0.29) is 12.5 Å². The standard InChI is InChI=1S/C23H27N3O4/c1-23(19-12-16-7-4-5-9-18(16)30-19)21(28)26(22(29)24-23)14-20(27)25-11-10-15-6-2-3-8-17(15)13-25/h4-5,7,9,12,15,17H,2-3,6,8,10-11,13-14H2,1H3,(H,24,29)/t15-,17+,23-/m0/s1. The van der Waals surface area contributed by atoms with E-state index in [1.807, 2.05) is 29.2 Å². The van der Waals surface area contributed by atoms with Crippen LogP contribution in [0.3, 0.4) is 0 Å². The molecule has 1 aliphatic carbocycles. The first kappa shape index (κ1) is 19.2. The topological polar surface area (TPSA) is 82.9 Å². The molecule has 1 aromatic carbocycles. The van der Waals surface area contributed by atoms with Crippen LogP contribution in [-0.2, 0) is 15.1 Å². The van der Waals surface area contributed by atoms with Gasteiger partial charge >= 0.3 is 6.03 Å². The number of amides is 4. The molecule has 2 aromatic rings. The van der Waals surface area contributed by atoms with Gasteiger partial charge in [-0.1, -0.05) is 37.5 Å². The summed E-state index contributed by atoms with van der Waals surface area (Å²) in [6.07, 6.45) is 5.97. The molecule has 30 heavy (non-hydrogen) atoms. The summed E-state index contributed by atoms with van der Waals surface area (Å²) in [6.45, 7) is 2.86. The third-order valence-corrected chi connectivity index (χ3v) is 7.13. The van der Waals surface area contributed by atoms with Crippen LogP contribution in [-0.4, -0.2) is 47.3 Å².